The number of aliphatic hydroxyl groups is 1. The van der Waals surface area contributed by atoms with E-state index in [-0.39, 0.29) is 0 Å². The second kappa shape index (κ2) is 4.75. The molecule has 1 unspecified atom stereocenters. The van der Waals surface area contributed by atoms with Crippen LogP contribution in [0.15, 0.2) is 36.7 Å². The van der Waals surface area contributed by atoms with Crippen molar-refractivity contribution in [3.63, 3.8) is 0 Å². The zero-order valence-electron chi connectivity index (χ0n) is 9.15. The lowest BCUT2D eigenvalue weighted by atomic mass is 10.1. The van der Waals surface area contributed by atoms with E-state index in [9.17, 15) is 9.90 Å². The van der Waals surface area contributed by atoms with Crippen molar-refractivity contribution in [2.24, 2.45) is 0 Å². The van der Waals surface area contributed by atoms with Crippen molar-refractivity contribution in [1.82, 2.24) is 15.0 Å². The van der Waals surface area contributed by atoms with Crippen LogP contribution >= 0.6 is 0 Å². The Morgan fingerprint density at radius 3 is 2.41 bits per heavy atom. The van der Waals surface area contributed by atoms with Gasteiger partial charge in [0.1, 0.15) is 0 Å². The number of rotatable bonds is 3. The van der Waals surface area contributed by atoms with E-state index in [1.54, 1.807) is 36.7 Å². The molecule has 88 valence electrons. The number of ether oxygens (including phenoxy) is 1. The van der Waals surface area contributed by atoms with Crippen molar-refractivity contribution in [1.29, 1.82) is 0 Å². The number of nitrogens with zero attached hydrogens (tertiary/aromatic N) is 3. The Morgan fingerprint density at radius 2 is 1.88 bits per heavy atom. The summed E-state index contributed by atoms with van der Waals surface area (Å²) in [5, 5.41) is 17.5. The van der Waals surface area contributed by atoms with Gasteiger partial charge in [-0.2, -0.15) is 15.0 Å². The molecule has 1 N–H and O–H groups in total. The maximum atomic E-state index is 11.1. The van der Waals surface area contributed by atoms with E-state index in [1.165, 1.54) is 11.9 Å². The first-order valence-electron chi connectivity index (χ1n) is 4.95. The number of methoxy groups -OCH3 is 1. The van der Waals surface area contributed by atoms with Gasteiger partial charge in [-0.1, -0.05) is 12.1 Å². The number of aliphatic hydroxyl groups excluding tert-OH is 1. The van der Waals surface area contributed by atoms with E-state index >= 15 is 0 Å². The van der Waals surface area contributed by atoms with E-state index in [0.717, 1.165) is 5.69 Å². The predicted octanol–water partition coefficient (Wildman–Crippen LogP) is 0.474. The van der Waals surface area contributed by atoms with Gasteiger partial charge in [-0.15, -0.1) is 0 Å². The first kappa shape index (κ1) is 11.3. The molecule has 1 atom stereocenters. The molecule has 1 heterocycles. The first-order valence-corrected chi connectivity index (χ1v) is 4.95. The summed E-state index contributed by atoms with van der Waals surface area (Å²) in [6.45, 7) is 0. The van der Waals surface area contributed by atoms with Gasteiger partial charge in [0.2, 0.25) is 0 Å². The minimum Gasteiger partial charge on any atom is -0.467 e. The Morgan fingerprint density at radius 1 is 1.29 bits per heavy atom. The lowest BCUT2D eigenvalue weighted by molar-refractivity contribution is -0.150. The molecule has 0 aliphatic carbocycles. The molecule has 0 aliphatic rings. The lowest BCUT2D eigenvalue weighted by Crippen LogP contribution is -2.13. The summed E-state index contributed by atoms with van der Waals surface area (Å²) in [6, 6.07) is 6.67. The lowest BCUT2D eigenvalue weighted by Gasteiger charge is -2.08. The van der Waals surface area contributed by atoms with E-state index in [2.05, 4.69) is 14.9 Å². The summed E-state index contributed by atoms with van der Waals surface area (Å²) in [4.78, 5) is 12.6. The number of hydrogen-bond donors (Lipinski definition) is 1. The van der Waals surface area contributed by atoms with Gasteiger partial charge in [-0.25, -0.2) is 4.79 Å². The maximum Gasteiger partial charge on any atom is 0.339 e. The average Bonchev–Trinajstić information content (AvgIpc) is 2.91. The largest absolute Gasteiger partial charge is 0.467 e. The standard InChI is InChI=1S/C11H11N3O3/c1-17-11(16)10(15)8-2-4-9(5-3-8)14-12-6-7-13-14/h2-7,10,15H,1H3. The molecule has 2 aromatic rings. The Kier molecular flexibility index (Phi) is 3.15. The number of hydrogen-bond acceptors (Lipinski definition) is 5. The minimum absolute atomic E-state index is 0.466. The molecule has 0 spiro atoms. The van der Waals surface area contributed by atoms with Gasteiger partial charge >= 0.3 is 5.97 Å². The number of carbonyl (C=O) groups is 1. The molecule has 1 aromatic carbocycles. The zero-order chi connectivity index (χ0) is 12.3. The van der Waals surface area contributed by atoms with E-state index < -0.39 is 12.1 Å². The summed E-state index contributed by atoms with van der Waals surface area (Å²) in [7, 11) is 1.23. The van der Waals surface area contributed by atoms with Crippen LogP contribution in [0.25, 0.3) is 5.69 Å². The Balaban J connectivity index is 2.21. The van der Waals surface area contributed by atoms with Crippen LogP contribution in [-0.2, 0) is 9.53 Å². The fraction of sp³-hybridized carbons (Fsp3) is 0.182. The van der Waals surface area contributed by atoms with Crippen molar-refractivity contribution in [3.8, 4) is 5.69 Å². The van der Waals surface area contributed by atoms with Crippen LogP contribution < -0.4 is 0 Å². The molecule has 6 nitrogen and oxygen atoms in total. The van der Waals surface area contributed by atoms with Crippen LogP contribution in [0, 0.1) is 0 Å². The molecule has 2 rings (SSSR count). The molecule has 0 bridgehead atoms. The van der Waals surface area contributed by atoms with E-state index in [1.807, 2.05) is 0 Å². The number of benzene rings is 1. The highest BCUT2D eigenvalue weighted by Gasteiger charge is 2.17. The average molecular weight is 233 g/mol. The Hall–Kier alpha value is -2.21. The number of aromatic nitrogens is 3. The maximum absolute atomic E-state index is 11.1. The molecular formula is C11H11N3O3. The van der Waals surface area contributed by atoms with Crippen LogP contribution in [-0.4, -0.2) is 33.2 Å². The highest BCUT2D eigenvalue weighted by Crippen LogP contribution is 2.16. The van der Waals surface area contributed by atoms with Crippen LogP contribution in [0.5, 0.6) is 0 Å². The smallest absolute Gasteiger partial charge is 0.339 e. The third-order valence-electron chi connectivity index (χ3n) is 2.28. The number of esters is 1. The molecule has 1 aromatic heterocycles. The third kappa shape index (κ3) is 2.31. The van der Waals surface area contributed by atoms with Crippen LogP contribution in [0.3, 0.4) is 0 Å². The summed E-state index contributed by atoms with van der Waals surface area (Å²) in [5.41, 5.74) is 1.21. The fourth-order valence-electron chi connectivity index (χ4n) is 1.39. The van der Waals surface area contributed by atoms with Crippen molar-refractivity contribution < 1.29 is 14.6 Å². The molecule has 0 amide bonds. The van der Waals surface area contributed by atoms with Gasteiger partial charge in [0.05, 0.1) is 25.2 Å². The molecule has 6 heteroatoms. The van der Waals surface area contributed by atoms with Gasteiger partial charge in [-0.3, -0.25) is 0 Å². The fourth-order valence-corrected chi connectivity index (χ4v) is 1.39. The molecule has 17 heavy (non-hydrogen) atoms. The van der Waals surface area contributed by atoms with Crippen molar-refractivity contribution in [2.75, 3.05) is 7.11 Å². The number of carbonyl (C=O) groups excluding carboxylic acids is 1. The van der Waals surface area contributed by atoms with Gasteiger partial charge in [0.15, 0.2) is 6.10 Å². The highest BCUT2D eigenvalue weighted by atomic mass is 16.5. The summed E-state index contributed by atoms with van der Waals surface area (Å²) < 4.78 is 4.45. The minimum atomic E-state index is -1.26. The van der Waals surface area contributed by atoms with E-state index in [0.29, 0.717) is 5.56 Å². The van der Waals surface area contributed by atoms with Gasteiger partial charge in [-0.05, 0) is 17.7 Å². The van der Waals surface area contributed by atoms with Crippen LogP contribution in [0.2, 0.25) is 0 Å². The van der Waals surface area contributed by atoms with Gasteiger partial charge in [0, 0.05) is 0 Å². The quantitative estimate of drug-likeness (QED) is 0.780. The summed E-state index contributed by atoms with van der Waals surface area (Å²) >= 11 is 0. The predicted molar refractivity (Wildman–Crippen MR) is 58.3 cm³/mol. The monoisotopic (exact) mass is 233 g/mol. The van der Waals surface area contributed by atoms with Crippen LogP contribution in [0.1, 0.15) is 11.7 Å². The Labute approximate surface area is 97.4 Å². The summed E-state index contributed by atoms with van der Waals surface area (Å²) in [6.07, 6.45) is 1.87. The molecule has 0 fully saturated rings. The second-order valence-corrected chi connectivity index (χ2v) is 3.34. The molecule has 0 saturated carbocycles. The third-order valence-corrected chi connectivity index (χ3v) is 2.28. The van der Waals surface area contributed by atoms with Crippen molar-refractivity contribution in [3.05, 3.63) is 42.2 Å². The SMILES string of the molecule is COC(=O)C(O)c1ccc(-n2nccn2)cc1. The topological polar surface area (TPSA) is 77.2 Å². The molecule has 0 saturated heterocycles. The second-order valence-electron chi connectivity index (χ2n) is 3.34. The zero-order valence-corrected chi connectivity index (χ0v) is 9.15. The molecule has 0 radical (unpaired) electrons. The highest BCUT2D eigenvalue weighted by molar-refractivity contribution is 5.76. The van der Waals surface area contributed by atoms with E-state index in [4.69, 9.17) is 0 Å². The van der Waals surface area contributed by atoms with Crippen LogP contribution in [0.4, 0.5) is 0 Å². The summed E-state index contributed by atoms with van der Waals surface area (Å²) in [5.74, 6) is -0.685. The molecule has 0 aliphatic heterocycles. The van der Waals surface area contributed by atoms with Gasteiger partial charge < -0.3 is 9.84 Å². The normalized spacial score (nSPS) is 12.1. The van der Waals surface area contributed by atoms with Crippen molar-refractivity contribution in [2.45, 2.75) is 6.10 Å². The van der Waals surface area contributed by atoms with Gasteiger partial charge in [0.25, 0.3) is 0 Å². The molecular weight excluding hydrogens is 222 g/mol. The first-order chi connectivity index (χ1) is 8.22. The Bertz CT molecular complexity index is 493. The van der Waals surface area contributed by atoms with Crippen molar-refractivity contribution >= 4 is 5.97 Å².